The lowest BCUT2D eigenvalue weighted by Crippen LogP contribution is -2.44. The summed E-state index contributed by atoms with van der Waals surface area (Å²) >= 11 is 0. The summed E-state index contributed by atoms with van der Waals surface area (Å²) < 4.78 is 0. The van der Waals surface area contributed by atoms with Crippen molar-refractivity contribution in [3.63, 3.8) is 0 Å². The fourth-order valence-electron chi connectivity index (χ4n) is 3.69. The van der Waals surface area contributed by atoms with Crippen molar-refractivity contribution in [3.8, 4) is 0 Å². The van der Waals surface area contributed by atoms with E-state index >= 15 is 0 Å². The molecule has 0 radical (unpaired) electrons. The molecule has 2 aliphatic heterocycles. The first-order chi connectivity index (χ1) is 9.48. The number of fused-ring (bicyclic) bond motifs is 1. The van der Waals surface area contributed by atoms with E-state index in [0.717, 1.165) is 12.5 Å². The molecule has 2 heteroatoms. The quantitative estimate of drug-likeness (QED) is 0.842. The first-order valence-electron chi connectivity index (χ1n) is 8.06. The third-order valence-corrected chi connectivity index (χ3v) is 5.52. The number of likely N-dealkylation sites (N-methyl/N-ethyl adjacent to an activating group) is 1. The average Bonchev–Trinajstić information content (AvgIpc) is 2.44. The van der Waals surface area contributed by atoms with E-state index in [-0.39, 0.29) is 5.54 Å². The van der Waals surface area contributed by atoms with Gasteiger partial charge in [-0.2, -0.15) is 0 Å². The van der Waals surface area contributed by atoms with E-state index in [4.69, 9.17) is 0 Å². The van der Waals surface area contributed by atoms with Crippen LogP contribution in [0.2, 0.25) is 0 Å². The van der Waals surface area contributed by atoms with Crippen LogP contribution in [0, 0.1) is 5.92 Å². The normalized spacial score (nSPS) is 30.0. The maximum absolute atomic E-state index is 3.71. The molecule has 0 bridgehead atoms. The number of rotatable bonds is 1. The van der Waals surface area contributed by atoms with Gasteiger partial charge in [-0.05, 0) is 69.3 Å². The minimum Gasteiger partial charge on any atom is -0.310 e. The van der Waals surface area contributed by atoms with Crippen molar-refractivity contribution >= 4 is 0 Å². The van der Waals surface area contributed by atoms with Crippen molar-refractivity contribution < 1.29 is 0 Å². The minimum atomic E-state index is 0.167. The summed E-state index contributed by atoms with van der Waals surface area (Å²) in [4.78, 5) is 2.47. The Morgan fingerprint density at radius 1 is 1.25 bits per heavy atom. The van der Waals surface area contributed by atoms with Crippen molar-refractivity contribution in [2.75, 3.05) is 20.1 Å². The van der Waals surface area contributed by atoms with Gasteiger partial charge in [0.1, 0.15) is 0 Å². The first kappa shape index (κ1) is 14.1. The maximum Gasteiger partial charge on any atom is 0.0404 e. The molecular weight excluding hydrogens is 244 g/mol. The fourth-order valence-corrected chi connectivity index (χ4v) is 3.69. The van der Waals surface area contributed by atoms with Gasteiger partial charge >= 0.3 is 0 Å². The molecule has 2 unspecified atom stereocenters. The molecule has 1 N–H and O–H groups in total. The van der Waals surface area contributed by atoms with E-state index < -0.39 is 0 Å². The van der Waals surface area contributed by atoms with Crippen molar-refractivity contribution in [1.82, 2.24) is 10.2 Å². The summed E-state index contributed by atoms with van der Waals surface area (Å²) in [5.74, 6) is 0.830. The van der Waals surface area contributed by atoms with Crippen LogP contribution >= 0.6 is 0 Å². The molecule has 0 aromatic heterocycles. The van der Waals surface area contributed by atoms with Crippen molar-refractivity contribution in [1.29, 1.82) is 0 Å². The number of piperidine rings is 1. The lowest BCUT2D eigenvalue weighted by Gasteiger charge is -2.42. The molecule has 1 aromatic rings. The summed E-state index contributed by atoms with van der Waals surface area (Å²) in [6, 6.07) is 7.77. The zero-order chi connectivity index (χ0) is 14.3. The summed E-state index contributed by atoms with van der Waals surface area (Å²) in [6.07, 6.45) is 3.82. The predicted octanol–water partition coefficient (Wildman–Crippen LogP) is 3.47. The smallest absolute Gasteiger partial charge is 0.0404 e. The zero-order valence-electron chi connectivity index (χ0n) is 13.4. The highest BCUT2D eigenvalue weighted by Crippen LogP contribution is 2.36. The molecule has 0 spiro atoms. The number of nitrogens with zero attached hydrogens (tertiary/aromatic N) is 1. The van der Waals surface area contributed by atoms with E-state index in [2.05, 4.69) is 56.2 Å². The van der Waals surface area contributed by atoms with Gasteiger partial charge < -0.3 is 5.32 Å². The Morgan fingerprint density at radius 2 is 2.05 bits per heavy atom. The van der Waals surface area contributed by atoms with Gasteiger partial charge in [-0.15, -0.1) is 0 Å². The molecule has 0 saturated carbocycles. The Morgan fingerprint density at radius 3 is 2.75 bits per heavy atom. The van der Waals surface area contributed by atoms with E-state index in [0.29, 0.717) is 6.04 Å². The maximum atomic E-state index is 3.71. The molecule has 2 aliphatic rings. The number of benzene rings is 1. The van der Waals surface area contributed by atoms with Crippen molar-refractivity contribution in [2.45, 2.75) is 51.6 Å². The first-order valence-corrected chi connectivity index (χ1v) is 8.06. The Labute approximate surface area is 123 Å². The van der Waals surface area contributed by atoms with Crippen LogP contribution in [-0.2, 0) is 12.0 Å². The van der Waals surface area contributed by atoms with Gasteiger partial charge in [-0.25, -0.2) is 0 Å². The van der Waals surface area contributed by atoms with Gasteiger partial charge in [0.05, 0.1) is 0 Å². The number of nitrogens with one attached hydrogen (secondary N) is 1. The largest absolute Gasteiger partial charge is 0.310 e. The molecule has 0 aliphatic carbocycles. The molecule has 3 rings (SSSR count). The van der Waals surface area contributed by atoms with Crippen LogP contribution in [0.1, 0.15) is 56.3 Å². The SMILES string of the molecule is CC1CCC(c2ccc3c(c2)CCN(C)C3(C)C)NC1. The molecule has 2 nitrogen and oxygen atoms in total. The molecule has 110 valence electrons. The van der Waals surface area contributed by atoms with Gasteiger partial charge in [-0.1, -0.05) is 25.1 Å². The molecular formula is C18H28N2. The lowest BCUT2D eigenvalue weighted by molar-refractivity contribution is 0.143. The van der Waals surface area contributed by atoms with Crippen LogP contribution in [0.5, 0.6) is 0 Å². The monoisotopic (exact) mass is 272 g/mol. The third-order valence-electron chi connectivity index (χ3n) is 5.52. The second-order valence-electron chi connectivity index (χ2n) is 7.29. The van der Waals surface area contributed by atoms with Crippen LogP contribution in [0.15, 0.2) is 18.2 Å². The molecule has 0 amide bonds. The number of hydrogen-bond acceptors (Lipinski definition) is 2. The molecule has 1 fully saturated rings. The van der Waals surface area contributed by atoms with Crippen LogP contribution in [-0.4, -0.2) is 25.0 Å². The van der Waals surface area contributed by atoms with Gasteiger partial charge in [0.25, 0.3) is 0 Å². The summed E-state index contributed by atoms with van der Waals surface area (Å²) in [5.41, 5.74) is 4.74. The minimum absolute atomic E-state index is 0.167. The topological polar surface area (TPSA) is 15.3 Å². The Kier molecular flexibility index (Phi) is 3.64. The highest BCUT2D eigenvalue weighted by molar-refractivity contribution is 5.39. The van der Waals surface area contributed by atoms with Crippen LogP contribution in [0.25, 0.3) is 0 Å². The van der Waals surface area contributed by atoms with Crippen LogP contribution in [0.4, 0.5) is 0 Å². The molecule has 20 heavy (non-hydrogen) atoms. The Bertz CT molecular complexity index is 484. The molecule has 1 aromatic carbocycles. The predicted molar refractivity (Wildman–Crippen MR) is 84.9 cm³/mol. The summed E-state index contributed by atoms with van der Waals surface area (Å²) in [7, 11) is 2.24. The second-order valence-corrected chi connectivity index (χ2v) is 7.29. The van der Waals surface area contributed by atoms with E-state index in [1.807, 2.05) is 0 Å². The molecule has 2 atom stereocenters. The van der Waals surface area contributed by atoms with Gasteiger partial charge in [-0.3, -0.25) is 4.90 Å². The average molecular weight is 272 g/mol. The second kappa shape index (κ2) is 5.16. The van der Waals surface area contributed by atoms with Crippen molar-refractivity contribution in [2.24, 2.45) is 5.92 Å². The molecule has 2 heterocycles. The summed E-state index contributed by atoms with van der Waals surface area (Å²) in [6.45, 7) is 9.35. The van der Waals surface area contributed by atoms with Gasteiger partial charge in [0.15, 0.2) is 0 Å². The van der Waals surface area contributed by atoms with Crippen LogP contribution in [0.3, 0.4) is 0 Å². The van der Waals surface area contributed by atoms with E-state index in [1.165, 1.54) is 36.9 Å². The van der Waals surface area contributed by atoms with Gasteiger partial charge in [0, 0.05) is 18.1 Å². The standard InChI is InChI=1S/C18H28N2/c1-13-5-8-17(19-12-13)15-6-7-16-14(11-15)9-10-20(4)18(16,2)3/h6-7,11,13,17,19H,5,8-10,12H2,1-4H3. The van der Waals surface area contributed by atoms with E-state index in [9.17, 15) is 0 Å². The van der Waals surface area contributed by atoms with E-state index in [1.54, 1.807) is 5.56 Å². The van der Waals surface area contributed by atoms with Crippen LogP contribution < -0.4 is 5.32 Å². The van der Waals surface area contributed by atoms with Crippen molar-refractivity contribution in [3.05, 3.63) is 34.9 Å². The van der Waals surface area contributed by atoms with Gasteiger partial charge in [0.2, 0.25) is 0 Å². The lowest BCUT2D eigenvalue weighted by atomic mass is 9.81. The summed E-state index contributed by atoms with van der Waals surface area (Å²) in [5, 5.41) is 3.71. The third kappa shape index (κ3) is 2.40. The molecule has 1 saturated heterocycles. The highest BCUT2D eigenvalue weighted by atomic mass is 15.2. The Balaban J connectivity index is 1.87. The Hall–Kier alpha value is -0.860. The number of hydrogen-bond donors (Lipinski definition) is 1. The highest BCUT2D eigenvalue weighted by Gasteiger charge is 2.32. The fraction of sp³-hybridized carbons (Fsp3) is 0.667. The zero-order valence-corrected chi connectivity index (χ0v) is 13.4.